The first-order valence-electron chi connectivity index (χ1n) is 6.35. The number of nitrogens with one attached hydrogen (secondary N) is 1. The highest BCUT2D eigenvalue weighted by Gasteiger charge is 2.15. The van der Waals surface area contributed by atoms with Gasteiger partial charge in [0.05, 0.1) is 16.0 Å². The van der Waals surface area contributed by atoms with Gasteiger partial charge in [0, 0.05) is 4.90 Å². The summed E-state index contributed by atoms with van der Waals surface area (Å²) in [7, 11) is 0. The first-order valence-corrected chi connectivity index (χ1v) is 7.61. The number of thioether (sulfide) groups is 1. The Kier molecular flexibility index (Phi) is 5.10. The molecular weight excluding hydrogens is 290 g/mol. The summed E-state index contributed by atoms with van der Waals surface area (Å²) in [6.07, 6.45) is 0. The molecule has 0 aromatic heterocycles. The summed E-state index contributed by atoms with van der Waals surface area (Å²) in [6.45, 7) is 3.93. The Labute approximate surface area is 128 Å². The molecule has 0 heterocycles. The Morgan fingerprint density at radius 1 is 1.15 bits per heavy atom. The molecule has 0 aliphatic rings. The van der Waals surface area contributed by atoms with E-state index in [9.17, 15) is 4.79 Å². The van der Waals surface area contributed by atoms with Crippen molar-refractivity contribution in [3.05, 3.63) is 59.1 Å². The van der Waals surface area contributed by atoms with E-state index >= 15 is 0 Å². The number of hydrogen-bond acceptors (Lipinski definition) is 2. The molecule has 0 aliphatic carbocycles. The van der Waals surface area contributed by atoms with Gasteiger partial charge in [-0.15, -0.1) is 11.8 Å². The second-order valence-corrected chi connectivity index (χ2v) is 6.36. The van der Waals surface area contributed by atoms with Gasteiger partial charge in [-0.2, -0.15) is 0 Å². The van der Waals surface area contributed by atoms with Crippen molar-refractivity contribution in [3.63, 3.8) is 0 Å². The standard InChI is InChI=1S/C16H16ClNOS/c1-11-7-9-13(10-8-11)20-12(2)16(19)18-15-6-4-3-5-14(15)17/h3-10,12H,1-2H3,(H,18,19)/t12-/m0/s1. The highest BCUT2D eigenvalue weighted by atomic mass is 35.5. The number of aryl methyl sites for hydroxylation is 1. The summed E-state index contributed by atoms with van der Waals surface area (Å²) >= 11 is 7.56. The van der Waals surface area contributed by atoms with Gasteiger partial charge in [-0.1, -0.05) is 41.4 Å². The van der Waals surface area contributed by atoms with Crippen LogP contribution in [0.4, 0.5) is 5.69 Å². The average Bonchev–Trinajstić information content (AvgIpc) is 2.44. The van der Waals surface area contributed by atoms with Gasteiger partial charge in [0.2, 0.25) is 5.91 Å². The number of amides is 1. The van der Waals surface area contributed by atoms with Crippen molar-refractivity contribution in [2.75, 3.05) is 5.32 Å². The molecule has 2 rings (SSSR count). The number of carbonyl (C=O) groups excluding carboxylic acids is 1. The maximum absolute atomic E-state index is 12.1. The quantitative estimate of drug-likeness (QED) is 0.825. The number of benzene rings is 2. The fourth-order valence-electron chi connectivity index (χ4n) is 1.67. The molecule has 1 amide bonds. The molecule has 0 fully saturated rings. The van der Waals surface area contributed by atoms with E-state index in [1.54, 1.807) is 12.1 Å². The van der Waals surface area contributed by atoms with Gasteiger partial charge in [-0.05, 0) is 38.1 Å². The van der Waals surface area contributed by atoms with Crippen molar-refractivity contribution in [1.82, 2.24) is 0 Å². The third-order valence-corrected chi connectivity index (χ3v) is 4.28. The summed E-state index contributed by atoms with van der Waals surface area (Å²) in [4.78, 5) is 13.2. The monoisotopic (exact) mass is 305 g/mol. The maximum atomic E-state index is 12.1. The Balaban J connectivity index is 1.99. The second-order valence-electron chi connectivity index (χ2n) is 4.54. The van der Waals surface area contributed by atoms with Crippen LogP contribution in [0.25, 0.3) is 0 Å². The molecule has 1 N–H and O–H groups in total. The Morgan fingerprint density at radius 2 is 1.80 bits per heavy atom. The van der Waals surface area contributed by atoms with Crippen LogP contribution in [0.5, 0.6) is 0 Å². The van der Waals surface area contributed by atoms with Crippen LogP contribution in [-0.4, -0.2) is 11.2 Å². The zero-order chi connectivity index (χ0) is 14.5. The minimum atomic E-state index is -0.186. The van der Waals surface area contributed by atoms with Crippen LogP contribution in [0.1, 0.15) is 12.5 Å². The highest BCUT2D eigenvalue weighted by molar-refractivity contribution is 8.00. The van der Waals surface area contributed by atoms with E-state index in [1.165, 1.54) is 17.3 Å². The van der Waals surface area contributed by atoms with E-state index in [2.05, 4.69) is 5.32 Å². The molecular formula is C16H16ClNOS. The second kappa shape index (κ2) is 6.82. The number of rotatable bonds is 4. The number of carbonyl (C=O) groups is 1. The van der Waals surface area contributed by atoms with E-state index in [-0.39, 0.29) is 11.2 Å². The average molecular weight is 306 g/mol. The van der Waals surface area contributed by atoms with Crippen molar-refractivity contribution in [3.8, 4) is 0 Å². The molecule has 20 heavy (non-hydrogen) atoms. The Hall–Kier alpha value is -1.45. The fourth-order valence-corrected chi connectivity index (χ4v) is 2.72. The Bertz CT molecular complexity index is 598. The van der Waals surface area contributed by atoms with Crippen molar-refractivity contribution in [2.24, 2.45) is 0 Å². The van der Waals surface area contributed by atoms with E-state index in [0.717, 1.165) is 4.90 Å². The van der Waals surface area contributed by atoms with Gasteiger partial charge >= 0.3 is 0 Å². The van der Waals surface area contributed by atoms with Gasteiger partial charge in [-0.25, -0.2) is 0 Å². The molecule has 0 spiro atoms. The molecule has 2 aromatic carbocycles. The van der Waals surface area contributed by atoms with Crippen molar-refractivity contribution < 1.29 is 4.79 Å². The first kappa shape index (κ1) is 14.9. The lowest BCUT2D eigenvalue weighted by Crippen LogP contribution is -2.22. The topological polar surface area (TPSA) is 29.1 Å². The molecule has 4 heteroatoms. The van der Waals surface area contributed by atoms with Crippen LogP contribution in [0, 0.1) is 6.92 Å². The van der Waals surface area contributed by atoms with Crippen LogP contribution in [-0.2, 0) is 4.79 Å². The Morgan fingerprint density at radius 3 is 2.45 bits per heavy atom. The molecule has 0 radical (unpaired) electrons. The van der Waals surface area contributed by atoms with E-state index < -0.39 is 0 Å². The molecule has 0 unspecified atom stereocenters. The molecule has 2 nitrogen and oxygen atoms in total. The van der Waals surface area contributed by atoms with Gasteiger partial charge in [0.1, 0.15) is 0 Å². The smallest absolute Gasteiger partial charge is 0.237 e. The molecule has 0 saturated heterocycles. The summed E-state index contributed by atoms with van der Waals surface area (Å²) in [5.41, 5.74) is 1.86. The first-order chi connectivity index (χ1) is 9.56. The zero-order valence-electron chi connectivity index (χ0n) is 11.4. The van der Waals surface area contributed by atoms with Crippen molar-refractivity contribution in [2.45, 2.75) is 24.0 Å². The van der Waals surface area contributed by atoms with Gasteiger partial charge in [0.25, 0.3) is 0 Å². The van der Waals surface area contributed by atoms with Crippen LogP contribution in [0.3, 0.4) is 0 Å². The molecule has 2 aromatic rings. The van der Waals surface area contributed by atoms with Crippen LogP contribution in [0.2, 0.25) is 5.02 Å². The molecule has 1 atom stereocenters. The number of para-hydroxylation sites is 1. The minimum absolute atomic E-state index is 0.0522. The summed E-state index contributed by atoms with van der Waals surface area (Å²) < 4.78 is 0. The van der Waals surface area contributed by atoms with E-state index in [0.29, 0.717) is 10.7 Å². The number of anilines is 1. The largest absolute Gasteiger partial charge is 0.324 e. The van der Waals surface area contributed by atoms with Gasteiger partial charge in [0.15, 0.2) is 0 Å². The van der Waals surface area contributed by atoms with Crippen molar-refractivity contribution in [1.29, 1.82) is 0 Å². The lowest BCUT2D eigenvalue weighted by molar-refractivity contribution is -0.115. The third kappa shape index (κ3) is 4.02. The molecule has 104 valence electrons. The summed E-state index contributed by atoms with van der Waals surface area (Å²) in [5.74, 6) is -0.0522. The van der Waals surface area contributed by atoms with Gasteiger partial charge < -0.3 is 5.32 Å². The highest BCUT2D eigenvalue weighted by Crippen LogP contribution is 2.26. The van der Waals surface area contributed by atoms with Crippen molar-refractivity contribution >= 4 is 35.0 Å². The zero-order valence-corrected chi connectivity index (χ0v) is 13.0. The molecule has 0 aliphatic heterocycles. The van der Waals surface area contributed by atoms with Crippen LogP contribution in [0.15, 0.2) is 53.4 Å². The molecule has 0 bridgehead atoms. The molecule has 0 saturated carbocycles. The summed E-state index contributed by atoms with van der Waals surface area (Å²) in [5, 5.41) is 3.21. The number of hydrogen-bond donors (Lipinski definition) is 1. The third-order valence-electron chi connectivity index (χ3n) is 2.83. The lowest BCUT2D eigenvalue weighted by atomic mass is 10.2. The normalized spacial score (nSPS) is 11.9. The van der Waals surface area contributed by atoms with Crippen LogP contribution < -0.4 is 5.32 Å². The minimum Gasteiger partial charge on any atom is -0.324 e. The maximum Gasteiger partial charge on any atom is 0.237 e. The van der Waals surface area contributed by atoms with E-state index in [4.69, 9.17) is 11.6 Å². The van der Waals surface area contributed by atoms with Gasteiger partial charge in [-0.3, -0.25) is 4.79 Å². The predicted molar refractivity (Wildman–Crippen MR) is 86.6 cm³/mol. The summed E-state index contributed by atoms with van der Waals surface area (Å²) in [6, 6.07) is 15.4. The number of halogens is 1. The fraction of sp³-hybridized carbons (Fsp3) is 0.188. The lowest BCUT2D eigenvalue weighted by Gasteiger charge is -2.13. The SMILES string of the molecule is Cc1ccc(S[C@@H](C)C(=O)Nc2ccccc2Cl)cc1. The van der Waals surface area contributed by atoms with Crippen LogP contribution >= 0.6 is 23.4 Å². The van der Waals surface area contributed by atoms with E-state index in [1.807, 2.05) is 50.2 Å². The predicted octanol–water partition coefficient (Wildman–Crippen LogP) is 4.77.